The molecule has 14 heavy (non-hydrogen) atoms. The van der Waals surface area contributed by atoms with Crippen LogP contribution in [0.5, 0.6) is 0 Å². The molecule has 0 N–H and O–H groups in total. The van der Waals surface area contributed by atoms with Gasteiger partial charge in [-0.1, -0.05) is 0 Å². The second kappa shape index (κ2) is 5.04. The van der Waals surface area contributed by atoms with Gasteiger partial charge in [-0.25, -0.2) is 4.39 Å². The molecule has 0 atom stereocenters. The van der Waals surface area contributed by atoms with Gasteiger partial charge in [0.1, 0.15) is 0 Å². The number of hydrogen-bond donors (Lipinski definition) is 0. The van der Waals surface area contributed by atoms with Crippen LogP contribution in [0.2, 0.25) is 0 Å². The third-order valence-electron chi connectivity index (χ3n) is 0.964. The van der Waals surface area contributed by atoms with E-state index in [4.69, 9.17) is 0 Å². The molecular weight excluding hydrogens is 415 g/mol. The fourth-order valence-corrected chi connectivity index (χ4v) is 0.356. The van der Waals surface area contributed by atoms with Gasteiger partial charge in [-0.2, -0.15) is 22.0 Å². The maximum Gasteiger partial charge on any atom is 0.458 e. The Balaban J connectivity index is 0. The Morgan fingerprint density at radius 1 is 0.929 bits per heavy atom. The molecule has 0 bridgehead atoms. The SMILES string of the molecule is O=C(C(=O)C(F)(F)CF)C(F)(F)F.[Bi]. The van der Waals surface area contributed by atoms with Gasteiger partial charge in [0.15, 0.2) is 6.67 Å². The fourth-order valence-electron chi connectivity index (χ4n) is 0.356. The molecule has 81 valence electrons. The van der Waals surface area contributed by atoms with E-state index < -0.39 is 30.3 Å². The van der Waals surface area contributed by atoms with Crippen molar-refractivity contribution in [1.82, 2.24) is 0 Å². The molecule has 0 saturated carbocycles. The van der Waals surface area contributed by atoms with Crippen molar-refractivity contribution < 1.29 is 35.9 Å². The first-order valence-electron chi connectivity index (χ1n) is 2.72. The zero-order valence-electron chi connectivity index (χ0n) is 6.24. The molecule has 0 aliphatic carbocycles. The first-order chi connectivity index (χ1) is 5.63. The van der Waals surface area contributed by atoms with Crippen molar-refractivity contribution >= 4 is 37.8 Å². The van der Waals surface area contributed by atoms with Crippen LogP contribution < -0.4 is 0 Å². The summed E-state index contributed by atoms with van der Waals surface area (Å²) in [5, 5.41) is 0. The second-order valence-electron chi connectivity index (χ2n) is 1.99. The van der Waals surface area contributed by atoms with Gasteiger partial charge in [-0.3, -0.25) is 9.59 Å². The average molecular weight is 417 g/mol. The smallest absolute Gasteiger partial charge is 0.284 e. The number of hydrogen-bond acceptors (Lipinski definition) is 2. The molecule has 0 aromatic heterocycles. The van der Waals surface area contributed by atoms with E-state index in [1.807, 2.05) is 0 Å². The number of Topliss-reactive ketones (excluding diaryl/α,β-unsaturated/α-hetero) is 2. The molecule has 0 saturated heterocycles. The minimum atomic E-state index is -5.70. The largest absolute Gasteiger partial charge is 0.458 e. The molecule has 3 radical (unpaired) electrons. The molecule has 0 aromatic carbocycles. The molecule has 0 spiro atoms. The van der Waals surface area contributed by atoms with E-state index in [1.54, 1.807) is 0 Å². The molecule has 0 heterocycles. The van der Waals surface area contributed by atoms with Gasteiger partial charge in [-0.05, 0) is 0 Å². The predicted octanol–water partition coefficient (Wildman–Crippen LogP) is 0.911. The Kier molecular flexibility index (Phi) is 5.85. The molecule has 2 nitrogen and oxygen atoms in total. The Morgan fingerprint density at radius 2 is 1.29 bits per heavy atom. The molecule has 0 aliphatic heterocycles. The molecule has 0 aromatic rings. The Labute approximate surface area is 92.8 Å². The molecule has 9 heteroatoms. The van der Waals surface area contributed by atoms with E-state index in [0.29, 0.717) is 0 Å². The van der Waals surface area contributed by atoms with Gasteiger partial charge in [-0.15, -0.1) is 0 Å². The molecule has 0 amide bonds. The third kappa shape index (κ3) is 3.90. The van der Waals surface area contributed by atoms with Crippen LogP contribution in [0.25, 0.3) is 0 Å². The molecular formula is C5H2BiF6O2. The predicted molar refractivity (Wildman–Crippen MR) is 32.7 cm³/mol. The van der Waals surface area contributed by atoms with E-state index in [1.165, 1.54) is 0 Å². The number of rotatable bonds is 3. The van der Waals surface area contributed by atoms with Crippen LogP contribution in [0.4, 0.5) is 26.3 Å². The van der Waals surface area contributed by atoms with Gasteiger partial charge < -0.3 is 0 Å². The van der Waals surface area contributed by atoms with Crippen molar-refractivity contribution in [3.8, 4) is 0 Å². The summed E-state index contributed by atoms with van der Waals surface area (Å²) in [7, 11) is 0. The summed E-state index contributed by atoms with van der Waals surface area (Å²) in [5.41, 5.74) is 0. The first-order valence-corrected chi connectivity index (χ1v) is 2.72. The Morgan fingerprint density at radius 3 is 1.50 bits per heavy atom. The zero-order valence-corrected chi connectivity index (χ0v) is 9.72. The van der Waals surface area contributed by atoms with Crippen LogP contribution in [0.15, 0.2) is 0 Å². The molecule has 0 fully saturated rings. The molecule has 0 rings (SSSR count). The van der Waals surface area contributed by atoms with E-state index in [0.717, 1.165) is 0 Å². The summed E-state index contributed by atoms with van der Waals surface area (Å²) in [5.74, 6) is -11.2. The first kappa shape index (κ1) is 16.2. The van der Waals surface area contributed by atoms with E-state index >= 15 is 0 Å². The van der Waals surface area contributed by atoms with Crippen molar-refractivity contribution in [3.63, 3.8) is 0 Å². The van der Waals surface area contributed by atoms with Crippen molar-refractivity contribution in [2.24, 2.45) is 0 Å². The standard InChI is InChI=1S/C5H2F6O2.Bi/c6-1-4(7,8)2(12)3(13)5(9,10)11;/h1H2;. The van der Waals surface area contributed by atoms with Crippen molar-refractivity contribution in [2.75, 3.05) is 6.67 Å². The van der Waals surface area contributed by atoms with Gasteiger partial charge in [0.05, 0.1) is 0 Å². The summed E-state index contributed by atoms with van der Waals surface area (Å²) in [4.78, 5) is 19.8. The summed E-state index contributed by atoms with van der Waals surface area (Å²) >= 11 is 0. The van der Waals surface area contributed by atoms with Crippen LogP contribution in [0, 0.1) is 0 Å². The van der Waals surface area contributed by atoms with Gasteiger partial charge >= 0.3 is 17.9 Å². The number of alkyl halides is 6. The van der Waals surface area contributed by atoms with Crippen LogP contribution in [0.3, 0.4) is 0 Å². The van der Waals surface area contributed by atoms with E-state index in [9.17, 15) is 35.9 Å². The zero-order chi connectivity index (χ0) is 10.9. The van der Waals surface area contributed by atoms with Crippen molar-refractivity contribution in [2.45, 2.75) is 12.1 Å². The van der Waals surface area contributed by atoms with Crippen LogP contribution in [-0.4, -0.2) is 56.5 Å². The fraction of sp³-hybridized carbons (Fsp3) is 0.600. The van der Waals surface area contributed by atoms with Crippen LogP contribution >= 0.6 is 0 Å². The second-order valence-corrected chi connectivity index (χ2v) is 1.99. The third-order valence-corrected chi connectivity index (χ3v) is 0.964. The van der Waals surface area contributed by atoms with Gasteiger partial charge in [0.2, 0.25) is 0 Å². The van der Waals surface area contributed by atoms with Crippen molar-refractivity contribution in [3.05, 3.63) is 0 Å². The van der Waals surface area contributed by atoms with E-state index in [2.05, 4.69) is 0 Å². The average Bonchev–Trinajstić information content (AvgIpc) is 2.00. The normalized spacial score (nSPS) is 11.9. The number of ketones is 2. The quantitative estimate of drug-likeness (QED) is 0.389. The Bertz CT molecular complexity index is 235. The van der Waals surface area contributed by atoms with Gasteiger partial charge in [0, 0.05) is 26.2 Å². The summed E-state index contributed by atoms with van der Waals surface area (Å²) in [6.45, 7) is -2.63. The van der Waals surface area contributed by atoms with Crippen LogP contribution in [-0.2, 0) is 9.59 Å². The monoisotopic (exact) mass is 417 g/mol. The Hall–Kier alpha value is -0.197. The summed E-state index contributed by atoms with van der Waals surface area (Å²) in [6, 6.07) is 0. The molecule has 0 unspecified atom stereocenters. The number of carbonyl (C=O) groups is 2. The maximum absolute atomic E-state index is 11.9. The van der Waals surface area contributed by atoms with E-state index in [-0.39, 0.29) is 26.2 Å². The van der Waals surface area contributed by atoms with Crippen LogP contribution in [0.1, 0.15) is 0 Å². The number of carbonyl (C=O) groups excluding carboxylic acids is 2. The van der Waals surface area contributed by atoms with Crippen molar-refractivity contribution in [1.29, 1.82) is 0 Å². The number of halogens is 6. The summed E-state index contributed by atoms with van der Waals surface area (Å²) < 4.78 is 69.1. The maximum atomic E-state index is 11.9. The van der Waals surface area contributed by atoms with Gasteiger partial charge in [0.25, 0.3) is 5.78 Å². The molecule has 0 aliphatic rings. The minimum absolute atomic E-state index is 0. The minimum Gasteiger partial charge on any atom is -0.284 e. The summed E-state index contributed by atoms with van der Waals surface area (Å²) in [6.07, 6.45) is -5.70. The topological polar surface area (TPSA) is 34.1 Å².